The number of methoxy groups -OCH3 is 1. The maximum Gasteiger partial charge on any atom is 0.241 e. The van der Waals surface area contributed by atoms with E-state index >= 15 is 0 Å². The van der Waals surface area contributed by atoms with Crippen molar-refractivity contribution in [3.8, 4) is 17.1 Å². The van der Waals surface area contributed by atoms with Crippen LogP contribution in [0.3, 0.4) is 0 Å². The highest BCUT2D eigenvalue weighted by atomic mass is 32.2. The van der Waals surface area contributed by atoms with Crippen LogP contribution < -0.4 is 9.46 Å². The molecule has 0 spiro atoms. The largest absolute Gasteiger partial charge is 0.497 e. The predicted octanol–water partition coefficient (Wildman–Crippen LogP) is 3.75. The normalized spacial score (nSPS) is 11.6. The molecule has 0 aliphatic heterocycles. The zero-order chi connectivity index (χ0) is 19.6. The summed E-state index contributed by atoms with van der Waals surface area (Å²) in [5.41, 5.74) is 3.87. The van der Waals surface area contributed by atoms with Crippen molar-refractivity contribution in [2.24, 2.45) is 0 Å². The van der Waals surface area contributed by atoms with E-state index in [0.29, 0.717) is 16.9 Å². The van der Waals surface area contributed by atoms with E-state index in [4.69, 9.17) is 9.26 Å². The van der Waals surface area contributed by atoms with Crippen molar-refractivity contribution in [3.05, 3.63) is 64.8 Å². The van der Waals surface area contributed by atoms with Gasteiger partial charge in [0.15, 0.2) is 5.76 Å². The summed E-state index contributed by atoms with van der Waals surface area (Å²) in [6, 6.07) is 12.5. The molecule has 142 valence electrons. The van der Waals surface area contributed by atoms with E-state index in [2.05, 4.69) is 9.88 Å². The third-order valence-corrected chi connectivity index (χ3v) is 6.07. The van der Waals surface area contributed by atoms with Gasteiger partial charge in [0.05, 0.1) is 17.7 Å². The Morgan fingerprint density at radius 2 is 1.78 bits per heavy atom. The second-order valence-corrected chi connectivity index (χ2v) is 8.11. The SMILES string of the molecule is COc1ccc(CNS(=O)(=O)c2cc(-c3onc(C)c3C)ccc2C)cc1. The molecule has 1 N–H and O–H groups in total. The summed E-state index contributed by atoms with van der Waals surface area (Å²) in [5.74, 6) is 1.31. The molecule has 0 fully saturated rings. The van der Waals surface area contributed by atoms with Crippen LogP contribution in [-0.2, 0) is 16.6 Å². The Kier molecular flexibility index (Phi) is 5.34. The molecule has 0 saturated carbocycles. The lowest BCUT2D eigenvalue weighted by molar-refractivity contribution is 0.414. The number of benzene rings is 2. The van der Waals surface area contributed by atoms with Gasteiger partial charge >= 0.3 is 0 Å². The van der Waals surface area contributed by atoms with Gasteiger partial charge < -0.3 is 9.26 Å². The predicted molar refractivity (Wildman–Crippen MR) is 103 cm³/mol. The number of sulfonamides is 1. The maximum absolute atomic E-state index is 12.8. The van der Waals surface area contributed by atoms with Crippen molar-refractivity contribution in [2.75, 3.05) is 7.11 Å². The Bertz CT molecular complexity index is 1050. The molecule has 1 aromatic heterocycles. The molecule has 0 aliphatic rings. The lowest BCUT2D eigenvalue weighted by Gasteiger charge is -2.11. The fourth-order valence-corrected chi connectivity index (χ4v) is 4.00. The molecule has 0 unspecified atom stereocenters. The van der Waals surface area contributed by atoms with Crippen molar-refractivity contribution < 1.29 is 17.7 Å². The molecule has 1 heterocycles. The van der Waals surface area contributed by atoms with Gasteiger partial charge in [-0.2, -0.15) is 0 Å². The number of hydrogen-bond donors (Lipinski definition) is 1. The third kappa shape index (κ3) is 4.04. The summed E-state index contributed by atoms with van der Waals surface area (Å²) in [5, 5.41) is 3.95. The van der Waals surface area contributed by atoms with E-state index in [1.165, 1.54) is 0 Å². The van der Waals surface area contributed by atoms with Crippen molar-refractivity contribution >= 4 is 10.0 Å². The Labute approximate surface area is 159 Å². The van der Waals surface area contributed by atoms with Crippen LogP contribution in [0.2, 0.25) is 0 Å². The third-order valence-electron chi connectivity index (χ3n) is 4.52. The molecule has 0 radical (unpaired) electrons. The Morgan fingerprint density at radius 3 is 2.37 bits per heavy atom. The molecular weight excluding hydrogens is 364 g/mol. The summed E-state index contributed by atoms with van der Waals surface area (Å²) in [7, 11) is -2.10. The quantitative estimate of drug-likeness (QED) is 0.698. The molecule has 6 nitrogen and oxygen atoms in total. The van der Waals surface area contributed by atoms with Crippen LogP contribution in [0.1, 0.15) is 22.4 Å². The number of hydrogen-bond acceptors (Lipinski definition) is 5. The van der Waals surface area contributed by atoms with E-state index < -0.39 is 10.0 Å². The first-order valence-corrected chi connectivity index (χ1v) is 9.96. The van der Waals surface area contributed by atoms with Crippen LogP contribution in [0, 0.1) is 20.8 Å². The van der Waals surface area contributed by atoms with Gasteiger partial charge in [-0.1, -0.05) is 29.4 Å². The number of aryl methyl sites for hydroxylation is 2. The summed E-state index contributed by atoms with van der Waals surface area (Å²) in [4.78, 5) is 0.224. The van der Waals surface area contributed by atoms with E-state index in [1.807, 2.05) is 32.0 Å². The first-order valence-electron chi connectivity index (χ1n) is 8.48. The number of nitrogens with zero attached hydrogens (tertiary/aromatic N) is 1. The standard InChI is InChI=1S/C20H22N2O4S/c1-13-5-8-17(20-14(2)15(3)22-26-20)11-19(13)27(23,24)21-12-16-6-9-18(25-4)10-7-16/h5-11,21H,12H2,1-4H3. The van der Waals surface area contributed by atoms with Gasteiger partial charge in [-0.15, -0.1) is 0 Å². The number of aromatic nitrogens is 1. The fraction of sp³-hybridized carbons (Fsp3) is 0.250. The summed E-state index contributed by atoms with van der Waals surface area (Å²) in [6.07, 6.45) is 0. The highest BCUT2D eigenvalue weighted by Gasteiger charge is 2.20. The van der Waals surface area contributed by atoms with Gasteiger partial charge in [0.25, 0.3) is 0 Å². The van der Waals surface area contributed by atoms with Crippen LogP contribution >= 0.6 is 0 Å². The molecular formula is C20H22N2O4S. The lowest BCUT2D eigenvalue weighted by atomic mass is 10.1. The van der Waals surface area contributed by atoms with Crippen molar-refractivity contribution in [1.82, 2.24) is 9.88 Å². The van der Waals surface area contributed by atoms with Gasteiger partial charge in [0, 0.05) is 17.7 Å². The number of ether oxygens (including phenoxy) is 1. The van der Waals surface area contributed by atoms with E-state index in [0.717, 1.165) is 22.6 Å². The molecule has 0 saturated heterocycles. The monoisotopic (exact) mass is 386 g/mol. The summed E-state index contributed by atoms with van der Waals surface area (Å²) < 4.78 is 38.8. The van der Waals surface area contributed by atoms with Crippen molar-refractivity contribution in [1.29, 1.82) is 0 Å². The molecule has 0 bridgehead atoms. The molecule has 0 aliphatic carbocycles. The van der Waals surface area contributed by atoms with Gasteiger partial charge in [-0.3, -0.25) is 0 Å². The second kappa shape index (κ2) is 7.54. The van der Waals surface area contributed by atoms with E-state index in [9.17, 15) is 8.42 Å². The Balaban J connectivity index is 1.87. The maximum atomic E-state index is 12.8. The number of nitrogens with one attached hydrogen (secondary N) is 1. The van der Waals surface area contributed by atoms with Gasteiger partial charge in [-0.05, 0) is 50.1 Å². The molecule has 3 rings (SSSR count). The molecule has 0 atom stereocenters. The Morgan fingerprint density at radius 1 is 1.07 bits per heavy atom. The molecule has 3 aromatic rings. The molecule has 0 amide bonds. The van der Waals surface area contributed by atoms with Crippen molar-refractivity contribution in [2.45, 2.75) is 32.2 Å². The van der Waals surface area contributed by atoms with Crippen LogP contribution in [0.15, 0.2) is 51.9 Å². The average Bonchev–Trinajstić information content (AvgIpc) is 3.00. The van der Waals surface area contributed by atoms with Gasteiger partial charge in [0.1, 0.15) is 5.75 Å². The fourth-order valence-electron chi connectivity index (χ4n) is 2.71. The van der Waals surface area contributed by atoms with Crippen LogP contribution in [-0.4, -0.2) is 20.7 Å². The van der Waals surface area contributed by atoms with Crippen LogP contribution in [0.25, 0.3) is 11.3 Å². The summed E-state index contributed by atoms with van der Waals surface area (Å²) in [6.45, 7) is 5.71. The van der Waals surface area contributed by atoms with E-state index in [1.54, 1.807) is 38.3 Å². The molecule has 27 heavy (non-hydrogen) atoms. The van der Waals surface area contributed by atoms with Crippen LogP contribution in [0.5, 0.6) is 5.75 Å². The van der Waals surface area contributed by atoms with E-state index in [-0.39, 0.29) is 11.4 Å². The second-order valence-electron chi connectivity index (χ2n) is 6.38. The highest BCUT2D eigenvalue weighted by molar-refractivity contribution is 7.89. The smallest absolute Gasteiger partial charge is 0.241 e. The first-order chi connectivity index (χ1) is 12.8. The minimum atomic E-state index is -3.68. The van der Waals surface area contributed by atoms with Crippen molar-refractivity contribution in [3.63, 3.8) is 0 Å². The topological polar surface area (TPSA) is 81.4 Å². The first kappa shape index (κ1) is 19.1. The van der Waals surface area contributed by atoms with Gasteiger partial charge in [-0.25, -0.2) is 13.1 Å². The Hall–Kier alpha value is -2.64. The highest BCUT2D eigenvalue weighted by Crippen LogP contribution is 2.29. The molecule has 2 aromatic carbocycles. The lowest BCUT2D eigenvalue weighted by Crippen LogP contribution is -2.24. The minimum Gasteiger partial charge on any atom is -0.497 e. The number of rotatable bonds is 6. The molecule has 7 heteroatoms. The van der Waals surface area contributed by atoms with Gasteiger partial charge in [0.2, 0.25) is 10.0 Å². The van der Waals surface area contributed by atoms with Crippen LogP contribution in [0.4, 0.5) is 0 Å². The average molecular weight is 386 g/mol. The zero-order valence-electron chi connectivity index (χ0n) is 15.7. The minimum absolute atomic E-state index is 0.191. The zero-order valence-corrected chi connectivity index (χ0v) is 16.6. The summed E-state index contributed by atoms with van der Waals surface area (Å²) >= 11 is 0.